The lowest BCUT2D eigenvalue weighted by Crippen LogP contribution is -2.42. The molecule has 3 rings (SSSR count). The number of anilines is 1. The maximum absolute atomic E-state index is 12.8. The van der Waals surface area contributed by atoms with Gasteiger partial charge in [0.1, 0.15) is 0 Å². The highest BCUT2D eigenvalue weighted by atomic mass is 16.2. The molecule has 2 amide bonds. The zero-order chi connectivity index (χ0) is 18.0. The van der Waals surface area contributed by atoms with Gasteiger partial charge in [-0.15, -0.1) is 0 Å². The molecule has 0 radical (unpaired) electrons. The van der Waals surface area contributed by atoms with Crippen molar-refractivity contribution in [3.63, 3.8) is 0 Å². The second-order valence-corrected chi connectivity index (χ2v) is 7.63. The number of amides is 2. The number of likely N-dealkylation sites (tertiary alicyclic amines) is 1. The van der Waals surface area contributed by atoms with Gasteiger partial charge in [0.15, 0.2) is 0 Å². The Balaban J connectivity index is 1.68. The van der Waals surface area contributed by atoms with Crippen molar-refractivity contribution in [3.8, 4) is 0 Å². The van der Waals surface area contributed by atoms with Crippen LogP contribution in [0.25, 0.3) is 0 Å². The van der Waals surface area contributed by atoms with E-state index in [0.29, 0.717) is 11.6 Å². The highest BCUT2D eigenvalue weighted by molar-refractivity contribution is 5.97. The van der Waals surface area contributed by atoms with E-state index in [2.05, 4.69) is 12.2 Å². The summed E-state index contributed by atoms with van der Waals surface area (Å²) in [6, 6.07) is 6.01. The number of benzene rings is 1. The summed E-state index contributed by atoms with van der Waals surface area (Å²) in [5, 5.41) is 3.01. The van der Waals surface area contributed by atoms with E-state index < -0.39 is 0 Å². The van der Waals surface area contributed by atoms with E-state index in [4.69, 9.17) is 5.73 Å². The molecular weight excluding hydrogens is 314 g/mol. The van der Waals surface area contributed by atoms with Crippen molar-refractivity contribution in [2.24, 2.45) is 11.7 Å². The zero-order valence-corrected chi connectivity index (χ0v) is 15.3. The number of nitrogens with one attached hydrogen (secondary N) is 1. The molecular formula is C20H29N3O2. The van der Waals surface area contributed by atoms with E-state index in [9.17, 15) is 9.59 Å². The molecule has 0 spiro atoms. The number of carbonyl (C=O) groups excluding carboxylic acids is 2. The molecule has 5 heteroatoms. The van der Waals surface area contributed by atoms with E-state index in [1.165, 1.54) is 6.42 Å². The van der Waals surface area contributed by atoms with Crippen LogP contribution >= 0.6 is 0 Å². The molecule has 3 atom stereocenters. The molecule has 1 aliphatic carbocycles. The second-order valence-electron chi connectivity index (χ2n) is 7.63. The average molecular weight is 343 g/mol. The van der Waals surface area contributed by atoms with Crippen molar-refractivity contribution in [1.29, 1.82) is 0 Å². The predicted molar refractivity (Wildman–Crippen MR) is 99.5 cm³/mol. The number of aryl methyl sites for hydroxylation is 1. The number of nitrogens with two attached hydrogens (primary N) is 1. The minimum atomic E-state index is 0.00454. The van der Waals surface area contributed by atoms with Gasteiger partial charge in [-0.05, 0) is 76.1 Å². The largest absolute Gasteiger partial charge is 0.336 e. The molecule has 1 heterocycles. The van der Waals surface area contributed by atoms with Crippen LogP contribution in [0.15, 0.2) is 18.2 Å². The van der Waals surface area contributed by atoms with E-state index in [0.717, 1.165) is 49.9 Å². The fourth-order valence-corrected chi connectivity index (χ4v) is 3.99. The van der Waals surface area contributed by atoms with Crippen molar-refractivity contribution < 1.29 is 9.59 Å². The van der Waals surface area contributed by atoms with Crippen LogP contribution in [0.4, 0.5) is 5.69 Å². The molecule has 1 aromatic carbocycles. The maximum Gasteiger partial charge on any atom is 0.254 e. The smallest absolute Gasteiger partial charge is 0.254 e. The molecule has 1 aromatic rings. The van der Waals surface area contributed by atoms with Gasteiger partial charge < -0.3 is 16.0 Å². The molecule has 1 aliphatic heterocycles. The molecule has 1 saturated heterocycles. The van der Waals surface area contributed by atoms with Crippen LogP contribution in [0.3, 0.4) is 0 Å². The maximum atomic E-state index is 12.8. The Morgan fingerprint density at radius 1 is 1.20 bits per heavy atom. The van der Waals surface area contributed by atoms with Gasteiger partial charge in [-0.2, -0.15) is 0 Å². The number of hydrogen-bond donors (Lipinski definition) is 2. The summed E-state index contributed by atoms with van der Waals surface area (Å²) in [7, 11) is 0. The molecule has 1 saturated carbocycles. The summed E-state index contributed by atoms with van der Waals surface area (Å²) < 4.78 is 0. The fraction of sp³-hybridized carbons (Fsp3) is 0.600. The molecule has 0 bridgehead atoms. The van der Waals surface area contributed by atoms with E-state index in [1.807, 2.05) is 30.0 Å². The third kappa shape index (κ3) is 4.03. The first-order valence-electron chi connectivity index (χ1n) is 9.43. The molecule has 2 fully saturated rings. The fourth-order valence-electron chi connectivity index (χ4n) is 3.99. The summed E-state index contributed by atoms with van der Waals surface area (Å²) in [5.74, 6) is 0.139. The van der Waals surface area contributed by atoms with Crippen LogP contribution in [-0.2, 0) is 4.79 Å². The molecule has 136 valence electrons. The molecule has 2 aliphatic rings. The lowest BCUT2D eigenvalue weighted by molar-refractivity contribution is -0.119. The number of piperidine rings is 1. The third-order valence-electron chi connectivity index (χ3n) is 5.64. The summed E-state index contributed by atoms with van der Waals surface area (Å²) in [6.07, 6.45) is 5.87. The van der Waals surface area contributed by atoms with Crippen LogP contribution < -0.4 is 11.1 Å². The normalized spacial score (nSPS) is 26.5. The van der Waals surface area contributed by atoms with Gasteiger partial charge in [0.05, 0.1) is 0 Å². The second kappa shape index (κ2) is 7.56. The first-order valence-corrected chi connectivity index (χ1v) is 9.43. The summed E-state index contributed by atoms with van der Waals surface area (Å²) in [5.41, 5.74) is 8.31. The lowest BCUT2D eigenvalue weighted by Gasteiger charge is -2.33. The summed E-state index contributed by atoms with van der Waals surface area (Å²) >= 11 is 0. The number of hydrogen-bond acceptors (Lipinski definition) is 3. The van der Waals surface area contributed by atoms with E-state index in [-0.39, 0.29) is 23.8 Å². The highest BCUT2D eigenvalue weighted by Crippen LogP contribution is 2.27. The minimum Gasteiger partial charge on any atom is -0.336 e. The van der Waals surface area contributed by atoms with Gasteiger partial charge in [0.25, 0.3) is 5.91 Å². The van der Waals surface area contributed by atoms with Crippen molar-refractivity contribution in [2.75, 3.05) is 11.9 Å². The Morgan fingerprint density at radius 2 is 2.00 bits per heavy atom. The van der Waals surface area contributed by atoms with Crippen molar-refractivity contribution in [3.05, 3.63) is 29.3 Å². The Kier molecular flexibility index (Phi) is 5.42. The first-order chi connectivity index (χ1) is 12.0. The molecule has 5 nitrogen and oxygen atoms in total. The molecule has 25 heavy (non-hydrogen) atoms. The summed E-state index contributed by atoms with van der Waals surface area (Å²) in [6.45, 7) is 4.89. The van der Waals surface area contributed by atoms with Gasteiger partial charge in [-0.1, -0.05) is 0 Å². The summed E-state index contributed by atoms with van der Waals surface area (Å²) in [4.78, 5) is 27.1. The number of nitrogens with zero attached hydrogens (tertiary/aromatic N) is 1. The Labute approximate surface area is 150 Å². The van der Waals surface area contributed by atoms with Crippen LogP contribution in [0.2, 0.25) is 0 Å². The van der Waals surface area contributed by atoms with Gasteiger partial charge in [0, 0.05) is 35.8 Å². The van der Waals surface area contributed by atoms with Crippen molar-refractivity contribution in [2.45, 2.75) is 64.5 Å². The standard InChI is InChI=1S/C20H29N3O2/c1-13-11-16(20(25)23-10-4-3-5-14(23)2)7-9-18(13)22-19(24)15-6-8-17(21)12-15/h7,9,11,14-15,17H,3-6,8,10,12,21H2,1-2H3,(H,22,24). The highest BCUT2D eigenvalue weighted by Gasteiger charge is 2.28. The van der Waals surface area contributed by atoms with E-state index >= 15 is 0 Å². The zero-order valence-electron chi connectivity index (χ0n) is 15.3. The van der Waals surface area contributed by atoms with Gasteiger partial charge in [0.2, 0.25) is 5.91 Å². The first kappa shape index (κ1) is 17.9. The van der Waals surface area contributed by atoms with E-state index in [1.54, 1.807) is 0 Å². The van der Waals surface area contributed by atoms with Crippen LogP contribution in [0.1, 0.15) is 61.4 Å². The quantitative estimate of drug-likeness (QED) is 0.885. The molecule has 3 N–H and O–H groups in total. The Hall–Kier alpha value is -1.88. The van der Waals surface area contributed by atoms with Gasteiger partial charge >= 0.3 is 0 Å². The van der Waals surface area contributed by atoms with Gasteiger partial charge in [-0.3, -0.25) is 9.59 Å². The van der Waals surface area contributed by atoms with Crippen LogP contribution in [0.5, 0.6) is 0 Å². The minimum absolute atomic E-state index is 0.00454. The van der Waals surface area contributed by atoms with Crippen LogP contribution in [-0.4, -0.2) is 35.3 Å². The van der Waals surface area contributed by atoms with Crippen molar-refractivity contribution >= 4 is 17.5 Å². The third-order valence-corrected chi connectivity index (χ3v) is 5.64. The monoisotopic (exact) mass is 343 g/mol. The molecule has 3 unspecified atom stereocenters. The van der Waals surface area contributed by atoms with Crippen molar-refractivity contribution in [1.82, 2.24) is 4.90 Å². The lowest BCUT2D eigenvalue weighted by atomic mass is 10.0. The SMILES string of the molecule is Cc1cc(C(=O)N2CCCCC2C)ccc1NC(=O)C1CCC(N)C1. The number of rotatable bonds is 3. The van der Waals surface area contributed by atoms with Crippen LogP contribution in [0, 0.1) is 12.8 Å². The Bertz CT molecular complexity index is 658. The van der Waals surface area contributed by atoms with Gasteiger partial charge in [-0.25, -0.2) is 0 Å². The topological polar surface area (TPSA) is 75.4 Å². The molecule has 0 aromatic heterocycles. The average Bonchev–Trinajstić information content (AvgIpc) is 3.03. The number of carbonyl (C=O) groups is 2. The Morgan fingerprint density at radius 3 is 2.64 bits per heavy atom. The predicted octanol–water partition coefficient (Wildman–Crippen LogP) is 3.08.